The van der Waals surface area contributed by atoms with E-state index in [4.69, 9.17) is 9.47 Å². The maximum Gasteiger partial charge on any atom is 0.324 e. The Bertz CT molecular complexity index is 313. The highest BCUT2D eigenvalue weighted by Crippen LogP contribution is 2.39. The van der Waals surface area contributed by atoms with Crippen LogP contribution < -0.4 is 0 Å². The average Bonchev–Trinajstić information content (AvgIpc) is 2.48. The summed E-state index contributed by atoms with van der Waals surface area (Å²) >= 11 is 0. The SMILES string of the molecule is CCCCCOC(=O)C(C(=O)OCCCCC)(C(C)C)C(C)C. The molecule has 0 saturated carbocycles. The first-order valence-electron chi connectivity index (χ1n) is 9.19. The van der Waals surface area contributed by atoms with Crippen LogP contribution in [0.2, 0.25) is 0 Å². The summed E-state index contributed by atoms with van der Waals surface area (Å²) in [4.78, 5) is 25.4. The first-order valence-corrected chi connectivity index (χ1v) is 9.19. The van der Waals surface area contributed by atoms with Crippen LogP contribution in [0.3, 0.4) is 0 Å². The van der Waals surface area contributed by atoms with Gasteiger partial charge in [-0.15, -0.1) is 0 Å². The van der Waals surface area contributed by atoms with Crippen LogP contribution in [0.25, 0.3) is 0 Å². The molecular formula is C19H36O4. The lowest BCUT2D eigenvalue weighted by Gasteiger charge is -2.36. The van der Waals surface area contributed by atoms with Crippen molar-refractivity contribution >= 4 is 11.9 Å². The third-order valence-electron chi connectivity index (χ3n) is 4.46. The lowest BCUT2D eigenvalue weighted by Crippen LogP contribution is -2.50. The van der Waals surface area contributed by atoms with Gasteiger partial charge in [-0.2, -0.15) is 0 Å². The van der Waals surface area contributed by atoms with Gasteiger partial charge in [-0.1, -0.05) is 67.2 Å². The van der Waals surface area contributed by atoms with E-state index in [0.29, 0.717) is 13.2 Å². The van der Waals surface area contributed by atoms with Gasteiger partial charge >= 0.3 is 11.9 Å². The second-order valence-electron chi connectivity index (χ2n) is 6.86. The maximum atomic E-state index is 12.7. The summed E-state index contributed by atoms with van der Waals surface area (Å²) in [5, 5.41) is 0. The van der Waals surface area contributed by atoms with E-state index in [2.05, 4.69) is 13.8 Å². The molecular weight excluding hydrogens is 292 g/mol. The van der Waals surface area contributed by atoms with Gasteiger partial charge < -0.3 is 9.47 Å². The van der Waals surface area contributed by atoms with Crippen LogP contribution in [0, 0.1) is 17.3 Å². The lowest BCUT2D eigenvalue weighted by atomic mass is 9.69. The van der Waals surface area contributed by atoms with Gasteiger partial charge in [0.1, 0.15) is 0 Å². The first-order chi connectivity index (χ1) is 10.8. The van der Waals surface area contributed by atoms with Crippen molar-refractivity contribution in [3.63, 3.8) is 0 Å². The molecule has 0 heterocycles. The maximum absolute atomic E-state index is 12.7. The Morgan fingerprint density at radius 2 is 1.09 bits per heavy atom. The first kappa shape index (κ1) is 21.9. The Kier molecular flexibility index (Phi) is 10.9. The van der Waals surface area contributed by atoms with Crippen molar-refractivity contribution in [3.8, 4) is 0 Å². The molecule has 0 aromatic carbocycles. The predicted molar refractivity (Wildman–Crippen MR) is 93.1 cm³/mol. The zero-order valence-electron chi connectivity index (χ0n) is 15.9. The third kappa shape index (κ3) is 6.15. The van der Waals surface area contributed by atoms with Gasteiger partial charge in [-0.25, -0.2) is 0 Å². The number of ether oxygens (including phenoxy) is 2. The third-order valence-corrected chi connectivity index (χ3v) is 4.46. The summed E-state index contributed by atoms with van der Waals surface area (Å²) < 4.78 is 10.9. The van der Waals surface area contributed by atoms with Gasteiger partial charge in [-0.05, 0) is 24.7 Å². The fourth-order valence-electron chi connectivity index (χ4n) is 2.97. The summed E-state index contributed by atoms with van der Waals surface area (Å²) in [7, 11) is 0. The van der Waals surface area contributed by atoms with Gasteiger partial charge in [-0.3, -0.25) is 9.59 Å². The molecule has 0 unspecified atom stereocenters. The standard InChI is InChI=1S/C19H36O4/c1-7-9-11-13-22-17(20)19(15(3)4,16(5)6)18(21)23-14-12-10-8-2/h15-16H,7-14H2,1-6H3. The van der Waals surface area contributed by atoms with E-state index in [0.717, 1.165) is 38.5 Å². The number of hydrogen-bond donors (Lipinski definition) is 0. The number of unbranched alkanes of at least 4 members (excludes halogenated alkanes) is 4. The molecule has 0 radical (unpaired) electrons. The monoisotopic (exact) mass is 328 g/mol. The zero-order valence-corrected chi connectivity index (χ0v) is 15.9. The molecule has 0 aromatic heterocycles. The molecule has 0 aromatic rings. The van der Waals surface area contributed by atoms with Crippen molar-refractivity contribution in [2.75, 3.05) is 13.2 Å². The van der Waals surface area contributed by atoms with E-state index in [-0.39, 0.29) is 11.8 Å². The second-order valence-corrected chi connectivity index (χ2v) is 6.86. The van der Waals surface area contributed by atoms with Gasteiger partial charge in [0.05, 0.1) is 13.2 Å². The molecule has 0 aliphatic rings. The summed E-state index contributed by atoms with van der Waals surface area (Å²) in [6.45, 7) is 12.5. The number of carbonyl (C=O) groups excluding carboxylic acids is 2. The summed E-state index contributed by atoms with van der Waals surface area (Å²) in [6.07, 6.45) is 5.84. The van der Waals surface area contributed by atoms with E-state index in [1.54, 1.807) is 0 Å². The molecule has 0 N–H and O–H groups in total. The van der Waals surface area contributed by atoms with E-state index < -0.39 is 17.4 Å². The highest BCUT2D eigenvalue weighted by molar-refractivity contribution is 6.00. The predicted octanol–water partition coefficient (Wildman–Crippen LogP) is 4.75. The molecule has 0 bridgehead atoms. The molecule has 23 heavy (non-hydrogen) atoms. The van der Waals surface area contributed by atoms with Crippen LogP contribution in [-0.2, 0) is 19.1 Å². The topological polar surface area (TPSA) is 52.6 Å². The molecule has 0 rings (SSSR count). The summed E-state index contributed by atoms with van der Waals surface area (Å²) in [5.41, 5.74) is -1.21. The fraction of sp³-hybridized carbons (Fsp3) is 0.895. The quantitative estimate of drug-likeness (QED) is 0.295. The second kappa shape index (κ2) is 11.5. The highest BCUT2D eigenvalue weighted by Gasteiger charge is 2.54. The van der Waals surface area contributed by atoms with Crippen LogP contribution in [0.15, 0.2) is 0 Å². The van der Waals surface area contributed by atoms with Crippen molar-refractivity contribution in [1.29, 1.82) is 0 Å². The van der Waals surface area contributed by atoms with Gasteiger partial charge in [0.15, 0.2) is 5.41 Å². The van der Waals surface area contributed by atoms with E-state index >= 15 is 0 Å². The van der Waals surface area contributed by atoms with Crippen molar-refractivity contribution in [1.82, 2.24) is 0 Å². The van der Waals surface area contributed by atoms with E-state index in [1.165, 1.54) is 0 Å². The molecule has 0 fully saturated rings. The summed E-state index contributed by atoms with van der Waals surface area (Å²) in [6, 6.07) is 0. The van der Waals surface area contributed by atoms with Crippen LogP contribution in [-0.4, -0.2) is 25.2 Å². The van der Waals surface area contributed by atoms with Crippen molar-refractivity contribution in [2.24, 2.45) is 17.3 Å². The Balaban J connectivity index is 5.00. The molecule has 4 heteroatoms. The highest BCUT2D eigenvalue weighted by atomic mass is 16.6. The minimum Gasteiger partial charge on any atom is -0.465 e. The van der Waals surface area contributed by atoms with Gasteiger partial charge in [0.25, 0.3) is 0 Å². The minimum atomic E-state index is -1.21. The smallest absolute Gasteiger partial charge is 0.324 e. The van der Waals surface area contributed by atoms with Crippen molar-refractivity contribution in [3.05, 3.63) is 0 Å². The molecule has 0 saturated heterocycles. The van der Waals surface area contributed by atoms with E-state index in [1.807, 2.05) is 27.7 Å². The fourth-order valence-corrected chi connectivity index (χ4v) is 2.97. The van der Waals surface area contributed by atoms with Crippen LogP contribution >= 0.6 is 0 Å². The molecule has 136 valence electrons. The van der Waals surface area contributed by atoms with Gasteiger partial charge in [0, 0.05) is 0 Å². The van der Waals surface area contributed by atoms with Crippen molar-refractivity contribution in [2.45, 2.75) is 80.1 Å². The Morgan fingerprint density at radius 3 is 1.35 bits per heavy atom. The molecule has 0 spiro atoms. The Morgan fingerprint density at radius 1 is 0.739 bits per heavy atom. The number of carbonyl (C=O) groups is 2. The molecule has 4 nitrogen and oxygen atoms in total. The van der Waals surface area contributed by atoms with Crippen LogP contribution in [0.4, 0.5) is 0 Å². The minimum absolute atomic E-state index is 0.167. The molecule has 0 atom stereocenters. The molecule has 0 amide bonds. The average molecular weight is 328 g/mol. The Labute approximate surface area is 142 Å². The molecule has 0 aliphatic carbocycles. The molecule has 0 aliphatic heterocycles. The lowest BCUT2D eigenvalue weighted by molar-refractivity contribution is -0.181. The number of hydrogen-bond acceptors (Lipinski definition) is 4. The zero-order chi connectivity index (χ0) is 17.9. The largest absolute Gasteiger partial charge is 0.465 e. The number of rotatable bonds is 12. The van der Waals surface area contributed by atoms with Crippen LogP contribution in [0.5, 0.6) is 0 Å². The normalized spacial score (nSPS) is 11.8. The van der Waals surface area contributed by atoms with Crippen LogP contribution in [0.1, 0.15) is 80.1 Å². The van der Waals surface area contributed by atoms with Gasteiger partial charge in [0.2, 0.25) is 0 Å². The summed E-state index contributed by atoms with van der Waals surface area (Å²) in [5.74, 6) is -1.20. The van der Waals surface area contributed by atoms with E-state index in [9.17, 15) is 9.59 Å². The van der Waals surface area contributed by atoms with Crippen molar-refractivity contribution < 1.29 is 19.1 Å². The number of esters is 2. The Hall–Kier alpha value is -1.06.